The lowest BCUT2D eigenvalue weighted by molar-refractivity contribution is 0.172. The minimum Gasteiger partial charge on any atom is -0.486 e. The monoisotopic (exact) mass is 231 g/mol. The van der Waals surface area contributed by atoms with E-state index < -0.39 is 0 Å². The van der Waals surface area contributed by atoms with Gasteiger partial charge in [-0.3, -0.25) is 5.10 Å². The summed E-state index contributed by atoms with van der Waals surface area (Å²) in [6.07, 6.45) is 0.833. The van der Waals surface area contributed by atoms with Crippen molar-refractivity contribution < 1.29 is 9.47 Å². The average Bonchev–Trinajstić information content (AvgIpc) is 2.87. The summed E-state index contributed by atoms with van der Waals surface area (Å²) in [4.78, 5) is 4.40. The quantitative estimate of drug-likeness (QED) is 0.856. The van der Waals surface area contributed by atoms with Crippen LogP contribution in [-0.4, -0.2) is 28.4 Å². The highest BCUT2D eigenvalue weighted by Gasteiger charge is 2.19. The number of nitrogens with one attached hydrogen (secondary N) is 1. The van der Waals surface area contributed by atoms with E-state index in [1.54, 1.807) is 0 Å². The zero-order chi connectivity index (χ0) is 11.7. The summed E-state index contributed by atoms with van der Waals surface area (Å²) in [5, 5.41) is 7.10. The zero-order valence-corrected chi connectivity index (χ0v) is 9.56. The van der Waals surface area contributed by atoms with Crippen LogP contribution in [-0.2, 0) is 6.42 Å². The Kier molecular flexibility index (Phi) is 2.44. The Balaban J connectivity index is 2.07. The van der Waals surface area contributed by atoms with Gasteiger partial charge in [-0.25, -0.2) is 4.98 Å². The maximum Gasteiger partial charge on any atom is 0.185 e. The molecule has 5 nitrogen and oxygen atoms in total. The van der Waals surface area contributed by atoms with Gasteiger partial charge >= 0.3 is 0 Å². The van der Waals surface area contributed by atoms with Crippen LogP contribution >= 0.6 is 0 Å². The molecule has 1 aliphatic heterocycles. The molecule has 2 aromatic rings. The Bertz CT molecular complexity index is 536. The van der Waals surface area contributed by atoms with Crippen molar-refractivity contribution >= 4 is 0 Å². The third-order valence-corrected chi connectivity index (χ3v) is 2.67. The molecule has 0 spiro atoms. The first kappa shape index (κ1) is 10.1. The number of hydrogen-bond donors (Lipinski definition) is 1. The number of fused-ring (bicyclic) bond motifs is 1. The third-order valence-electron chi connectivity index (χ3n) is 2.67. The van der Waals surface area contributed by atoms with Crippen molar-refractivity contribution in [1.82, 2.24) is 15.2 Å². The molecule has 5 heteroatoms. The van der Waals surface area contributed by atoms with Crippen molar-refractivity contribution in [3.63, 3.8) is 0 Å². The topological polar surface area (TPSA) is 60.0 Å². The van der Waals surface area contributed by atoms with Crippen LogP contribution in [0.15, 0.2) is 18.2 Å². The van der Waals surface area contributed by atoms with Gasteiger partial charge in [-0.05, 0) is 12.1 Å². The number of ether oxygens (including phenoxy) is 2. The smallest absolute Gasteiger partial charge is 0.185 e. The summed E-state index contributed by atoms with van der Waals surface area (Å²) < 4.78 is 11.2. The van der Waals surface area contributed by atoms with Gasteiger partial charge in [-0.1, -0.05) is 13.0 Å². The highest BCUT2D eigenvalue weighted by atomic mass is 16.6. The van der Waals surface area contributed by atoms with Gasteiger partial charge in [0.15, 0.2) is 17.3 Å². The highest BCUT2D eigenvalue weighted by Crippen LogP contribution is 2.38. The van der Waals surface area contributed by atoms with E-state index in [4.69, 9.17) is 9.47 Å². The molecule has 1 N–H and O–H groups in total. The minimum atomic E-state index is 0.565. The molecule has 0 unspecified atom stereocenters. The summed E-state index contributed by atoms with van der Waals surface area (Å²) >= 11 is 0. The summed E-state index contributed by atoms with van der Waals surface area (Å²) in [5.41, 5.74) is 0.873. The molecule has 1 aliphatic rings. The second-order valence-electron chi connectivity index (χ2n) is 3.79. The minimum absolute atomic E-state index is 0.565. The number of aryl methyl sites for hydroxylation is 1. The van der Waals surface area contributed by atoms with Gasteiger partial charge in [0, 0.05) is 6.42 Å². The van der Waals surface area contributed by atoms with E-state index in [1.807, 2.05) is 25.1 Å². The average molecular weight is 231 g/mol. The molecule has 0 amide bonds. The van der Waals surface area contributed by atoms with Gasteiger partial charge < -0.3 is 9.47 Å². The Labute approximate surface area is 98.8 Å². The van der Waals surface area contributed by atoms with Gasteiger partial charge in [0.2, 0.25) is 0 Å². The van der Waals surface area contributed by atoms with Crippen LogP contribution < -0.4 is 9.47 Å². The molecule has 17 heavy (non-hydrogen) atoms. The van der Waals surface area contributed by atoms with E-state index in [-0.39, 0.29) is 0 Å². The van der Waals surface area contributed by atoms with Crippen LogP contribution in [0.3, 0.4) is 0 Å². The van der Waals surface area contributed by atoms with E-state index in [9.17, 15) is 0 Å². The van der Waals surface area contributed by atoms with E-state index in [0.29, 0.717) is 19.0 Å². The summed E-state index contributed by atoms with van der Waals surface area (Å²) in [6.45, 7) is 3.18. The number of benzene rings is 1. The Morgan fingerprint density at radius 1 is 1.29 bits per heavy atom. The van der Waals surface area contributed by atoms with Crippen LogP contribution in [0.4, 0.5) is 0 Å². The molecule has 1 aromatic heterocycles. The molecule has 2 heterocycles. The number of aromatic amines is 1. The van der Waals surface area contributed by atoms with Crippen molar-refractivity contribution in [2.45, 2.75) is 13.3 Å². The van der Waals surface area contributed by atoms with Crippen molar-refractivity contribution in [2.75, 3.05) is 13.2 Å². The van der Waals surface area contributed by atoms with Crippen LogP contribution in [0.1, 0.15) is 12.7 Å². The van der Waals surface area contributed by atoms with Crippen LogP contribution in [0.5, 0.6) is 11.5 Å². The molecular formula is C12H13N3O2. The van der Waals surface area contributed by atoms with Gasteiger partial charge in [0.25, 0.3) is 0 Å². The summed E-state index contributed by atoms with van der Waals surface area (Å²) in [6, 6.07) is 5.76. The molecular weight excluding hydrogens is 218 g/mol. The molecule has 0 aliphatic carbocycles. The number of H-pyrrole nitrogens is 1. The molecule has 0 atom stereocenters. The van der Waals surface area contributed by atoms with Crippen molar-refractivity contribution in [3.05, 3.63) is 24.0 Å². The Hall–Kier alpha value is -2.04. The van der Waals surface area contributed by atoms with E-state index in [1.165, 1.54) is 0 Å². The Morgan fingerprint density at radius 2 is 2.18 bits per heavy atom. The van der Waals surface area contributed by atoms with Crippen LogP contribution in [0, 0.1) is 0 Å². The molecule has 88 valence electrons. The van der Waals surface area contributed by atoms with Gasteiger partial charge in [-0.2, -0.15) is 5.10 Å². The van der Waals surface area contributed by atoms with Crippen LogP contribution in [0.2, 0.25) is 0 Å². The predicted molar refractivity (Wildman–Crippen MR) is 62.2 cm³/mol. The first-order valence-corrected chi connectivity index (χ1v) is 5.68. The lowest BCUT2D eigenvalue weighted by atomic mass is 10.1. The zero-order valence-electron chi connectivity index (χ0n) is 9.56. The number of hydrogen-bond acceptors (Lipinski definition) is 4. The molecule has 0 fully saturated rings. The molecule has 3 rings (SSSR count). The summed E-state index contributed by atoms with van der Waals surface area (Å²) in [7, 11) is 0. The second-order valence-corrected chi connectivity index (χ2v) is 3.79. The fraction of sp³-hybridized carbons (Fsp3) is 0.333. The number of rotatable bonds is 2. The molecule has 1 aromatic carbocycles. The predicted octanol–water partition coefficient (Wildman–Crippen LogP) is 1.81. The number of para-hydroxylation sites is 1. The van der Waals surface area contributed by atoms with Crippen molar-refractivity contribution in [1.29, 1.82) is 0 Å². The highest BCUT2D eigenvalue weighted by molar-refractivity contribution is 5.68. The second kappa shape index (κ2) is 4.08. The lowest BCUT2D eigenvalue weighted by Crippen LogP contribution is -2.15. The normalized spacial score (nSPS) is 13.7. The molecule has 0 radical (unpaired) electrons. The first-order chi connectivity index (χ1) is 8.38. The van der Waals surface area contributed by atoms with E-state index >= 15 is 0 Å². The molecule has 0 saturated heterocycles. The van der Waals surface area contributed by atoms with Crippen molar-refractivity contribution in [2.24, 2.45) is 0 Å². The lowest BCUT2D eigenvalue weighted by Gasteiger charge is -2.19. The standard InChI is InChI=1S/C12H13N3O2/c1-2-10-13-12(15-14-10)8-4-3-5-9-11(8)17-7-6-16-9/h3-5H,2,6-7H2,1H3,(H,13,14,15). The third kappa shape index (κ3) is 1.73. The fourth-order valence-corrected chi connectivity index (χ4v) is 1.82. The van der Waals surface area contributed by atoms with Crippen molar-refractivity contribution in [3.8, 4) is 22.9 Å². The van der Waals surface area contributed by atoms with Gasteiger partial charge in [0.05, 0.1) is 5.56 Å². The Morgan fingerprint density at radius 3 is 3.00 bits per heavy atom. The number of nitrogens with zero attached hydrogens (tertiary/aromatic N) is 2. The fourth-order valence-electron chi connectivity index (χ4n) is 1.82. The van der Waals surface area contributed by atoms with E-state index in [0.717, 1.165) is 29.3 Å². The summed E-state index contributed by atoms with van der Waals surface area (Å²) in [5.74, 6) is 3.02. The maximum absolute atomic E-state index is 5.63. The first-order valence-electron chi connectivity index (χ1n) is 5.68. The SMILES string of the molecule is CCc1nc(-c2cccc3c2OCCO3)n[nH]1. The maximum atomic E-state index is 5.63. The molecule has 0 bridgehead atoms. The largest absolute Gasteiger partial charge is 0.486 e. The van der Waals surface area contributed by atoms with Gasteiger partial charge in [0.1, 0.15) is 19.0 Å². The van der Waals surface area contributed by atoms with Gasteiger partial charge in [-0.15, -0.1) is 0 Å². The molecule has 0 saturated carbocycles. The van der Waals surface area contributed by atoms with Crippen LogP contribution in [0.25, 0.3) is 11.4 Å². The number of aromatic nitrogens is 3. The van der Waals surface area contributed by atoms with E-state index in [2.05, 4.69) is 15.2 Å².